The van der Waals surface area contributed by atoms with Gasteiger partial charge in [0.2, 0.25) is 6.79 Å². The smallest absolute Gasteiger partial charge is 0.265 e. The van der Waals surface area contributed by atoms with Crippen LogP contribution in [0.1, 0.15) is 24.5 Å². The molecule has 1 heterocycles. The second-order valence-corrected chi connectivity index (χ2v) is 5.77. The molecule has 0 radical (unpaired) electrons. The van der Waals surface area contributed by atoms with E-state index in [1.165, 1.54) is 0 Å². The normalized spacial score (nSPS) is 13.5. The Kier molecular flexibility index (Phi) is 4.60. The van der Waals surface area contributed by atoms with Crippen molar-refractivity contribution >= 4 is 11.6 Å². The van der Waals surface area contributed by atoms with Gasteiger partial charge in [0.15, 0.2) is 17.6 Å². The maximum Gasteiger partial charge on any atom is 0.265 e. The van der Waals surface area contributed by atoms with Gasteiger partial charge in [-0.3, -0.25) is 4.79 Å². The highest BCUT2D eigenvalue weighted by atomic mass is 16.7. The number of aryl methyl sites for hydroxylation is 1. The fraction of sp³-hybridized carbons (Fsp3) is 0.316. The molecule has 5 nitrogen and oxygen atoms in total. The van der Waals surface area contributed by atoms with Crippen LogP contribution in [0.3, 0.4) is 0 Å². The highest BCUT2D eigenvalue weighted by molar-refractivity contribution is 5.94. The molecule has 1 N–H and O–H groups in total. The molecular formula is C19H21NO4. The number of benzene rings is 2. The van der Waals surface area contributed by atoms with Gasteiger partial charge >= 0.3 is 0 Å². The van der Waals surface area contributed by atoms with Crippen LogP contribution in [0, 0.1) is 13.8 Å². The minimum absolute atomic E-state index is 0.183. The van der Waals surface area contributed by atoms with Gasteiger partial charge < -0.3 is 19.5 Å². The lowest BCUT2D eigenvalue weighted by Crippen LogP contribution is -2.32. The summed E-state index contributed by atoms with van der Waals surface area (Å²) in [6.07, 6.45) is 0.0139. The summed E-state index contributed by atoms with van der Waals surface area (Å²) in [5, 5.41) is 2.88. The van der Waals surface area contributed by atoms with E-state index in [0.717, 1.165) is 16.9 Å². The number of fused-ring (bicyclic) bond motifs is 1. The third-order valence-corrected chi connectivity index (χ3v) is 4.13. The summed E-state index contributed by atoms with van der Waals surface area (Å²) in [7, 11) is 0. The van der Waals surface area contributed by atoms with E-state index in [2.05, 4.69) is 5.32 Å². The van der Waals surface area contributed by atoms with E-state index in [-0.39, 0.29) is 12.7 Å². The second kappa shape index (κ2) is 6.83. The van der Waals surface area contributed by atoms with Gasteiger partial charge in [-0.25, -0.2) is 0 Å². The zero-order valence-corrected chi connectivity index (χ0v) is 14.1. The van der Waals surface area contributed by atoms with E-state index in [1.54, 1.807) is 18.2 Å². The highest BCUT2D eigenvalue weighted by Gasteiger charge is 2.21. The average molecular weight is 327 g/mol. The number of hydrogen-bond donors (Lipinski definition) is 1. The molecule has 0 saturated carbocycles. The summed E-state index contributed by atoms with van der Waals surface area (Å²) in [5.41, 5.74) is 2.85. The molecule has 1 aliphatic rings. The SMILES string of the molecule is CC[C@@H](Oc1cccc(C)c1C)C(=O)Nc1ccc2c(c1)OCO2. The molecule has 24 heavy (non-hydrogen) atoms. The minimum atomic E-state index is -0.559. The van der Waals surface area contributed by atoms with Crippen LogP contribution in [0.15, 0.2) is 36.4 Å². The van der Waals surface area contributed by atoms with Gasteiger partial charge in [0.25, 0.3) is 5.91 Å². The van der Waals surface area contributed by atoms with Crippen LogP contribution in [0.2, 0.25) is 0 Å². The first-order chi connectivity index (χ1) is 11.6. The summed E-state index contributed by atoms with van der Waals surface area (Å²) in [4.78, 5) is 12.5. The molecule has 0 bridgehead atoms. The Morgan fingerprint density at radius 2 is 2.00 bits per heavy atom. The summed E-state index contributed by atoms with van der Waals surface area (Å²) >= 11 is 0. The van der Waals surface area contributed by atoms with E-state index in [9.17, 15) is 4.79 Å². The molecule has 5 heteroatoms. The van der Waals surface area contributed by atoms with Gasteiger partial charge in [-0.2, -0.15) is 0 Å². The van der Waals surface area contributed by atoms with Gasteiger partial charge in [-0.1, -0.05) is 19.1 Å². The Hall–Kier alpha value is -2.69. The average Bonchev–Trinajstić information content (AvgIpc) is 3.03. The first-order valence-electron chi connectivity index (χ1n) is 8.02. The Morgan fingerprint density at radius 1 is 1.21 bits per heavy atom. The molecule has 0 fully saturated rings. The first kappa shape index (κ1) is 16.2. The van der Waals surface area contributed by atoms with Gasteiger partial charge in [-0.15, -0.1) is 0 Å². The van der Waals surface area contributed by atoms with Gasteiger partial charge in [0.1, 0.15) is 5.75 Å². The monoisotopic (exact) mass is 327 g/mol. The van der Waals surface area contributed by atoms with Crippen LogP contribution in [0.5, 0.6) is 17.2 Å². The molecule has 0 spiro atoms. The Bertz CT molecular complexity index is 757. The van der Waals surface area contributed by atoms with Crippen molar-refractivity contribution in [3.8, 4) is 17.2 Å². The van der Waals surface area contributed by atoms with Crippen molar-refractivity contribution in [2.45, 2.75) is 33.3 Å². The predicted molar refractivity (Wildman–Crippen MR) is 91.8 cm³/mol. The van der Waals surface area contributed by atoms with E-state index >= 15 is 0 Å². The number of carbonyl (C=O) groups excluding carboxylic acids is 1. The van der Waals surface area contributed by atoms with Crippen LogP contribution in [0.4, 0.5) is 5.69 Å². The van der Waals surface area contributed by atoms with E-state index in [0.29, 0.717) is 23.6 Å². The molecule has 2 aromatic rings. The van der Waals surface area contributed by atoms with Crippen molar-refractivity contribution in [1.29, 1.82) is 0 Å². The molecule has 0 unspecified atom stereocenters. The van der Waals surface area contributed by atoms with Crippen LogP contribution in [0.25, 0.3) is 0 Å². The highest BCUT2D eigenvalue weighted by Crippen LogP contribution is 2.34. The molecule has 0 aliphatic carbocycles. The van der Waals surface area contributed by atoms with E-state index in [4.69, 9.17) is 14.2 Å². The lowest BCUT2D eigenvalue weighted by Gasteiger charge is -2.19. The molecule has 3 rings (SSSR count). The Balaban J connectivity index is 1.71. The Labute approximate surface area is 141 Å². The third-order valence-electron chi connectivity index (χ3n) is 4.13. The lowest BCUT2D eigenvalue weighted by molar-refractivity contribution is -0.122. The first-order valence-corrected chi connectivity index (χ1v) is 8.02. The van der Waals surface area contributed by atoms with Crippen molar-refractivity contribution < 1.29 is 19.0 Å². The summed E-state index contributed by atoms with van der Waals surface area (Å²) in [6, 6.07) is 11.2. The van der Waals surface area contributed by atoms with Crippen LogP contribution >= 0.6 is 0 Å². The quantitative estimate of drug-likeness (QED) is 0.907. The molecule has 0 aromatic heterocycles. The molecule has 0 saturated heterocycles. The van der Waals surface area contributed by atoms with Gasteiger partial charge in [-0.05, 0) is 49.6 Å². The molecule has 1 amide bonds. The number of carbonyl (C=O) groups is 1. The van der Waals surface area contributed by atoms with Crippen LogP contribution in [-0.4, -0.2) is 18.8 Å². The molecule has 126 valence electrons. The van der Waals surface area contributed by atoms with E-state index in [1.807, 2.05) is 39.0 Å². The standard InChI is InChI=1S/C19H21NO4/c1-4-15(24-16-7-5-6-12(2)13(16)3)19(21)20-14-8-9-17-18(10-14)23-11-22-17/h5-10,15H,4,11H2,1-3H3,(H,20,21)/t15-/m1/s1. The maximum absolute atomic E-state index is 12.5. The number of nitrogens with one attached hydrogen (secondary N) is 1. The molecule has 1 aliphatic heterocycles. The minimum Gasteiger partial charge on any atom is -0.480 e. The van der Waals surface area contributed by atoms with Crippen molar-refractivity contribution in [3.05, 3.63) is 47.5 Å². The van der Waals surface area contributed by atoms with Crippen LogP contribution in [-0.2, 0) is 4.79 Å². The zero-order chi connectivity index (χ0) is 17.1. The lowest BCUT2D eigenvalue weighted by atomic mass is 10.1. The molecule has 2 aromatic carbocycles. The van der Waals surface area contributed by atoms with E-state index < -0.39 is 6.10 Å². The van der Waals surface area contributed by atoms with Gasteiger partial charge in [0.05, 0.1) is 0 Å². The van der Waals surface area contributed by atoms with Gasteiger partial charge in [0, 0.05) is 11.8 Å². The fourth-order valence-electron chi connectivity index (χ4n) is 2.52. The fourth-order valence-corrected chi connectivity index (χ4v) is 2.52. The third kappa shape index (κ3) is 3.30. The summed E-state index contributed by atoms with van der Waals surface area (Å²) < 4.78 is 16.5. The van der Waals surface area contributed by atoms with Crippen molar-refractivity contribution in [2.75, 3.05) is 12.1 Å². The number of amides is 1. The second-order valence-electron chi connectivity index (χ2n) is 5.77. The topological polar surface area (TPSA) is 56.8 Å². The molecule has 1 atom stereocenters. The van der Waals surface area contributed by atoms with Crippen LogP contribution < -0.4 is 19.5 Å². The number of anilines is 1. The maximum atomic E-state index is 12.5. The zero-order valence-electron chi connectivity index (χ0n) is 14.1. The van der Waals surface area contributed by atoms with Crippen molar-refractivity contribution in [2.24, 2.45) is 0 Å². The summed E-state index contributed by atoms with van der Waals surface area (Å²) in [5.74, 6) is 1.88. The molecular weight excluding hydrogens is 306 g/mol. The van der Waals surface area contributed by atoms with Crippen molar-refractivity contribution in [3.63, 3.8) is 0 Å². The number of hydrogen-bond acceptors (Lipinski definition) is 4. The predicted octanol–water partition coefficient (Wildman–Crippen LogP) is 3.83. The number of rotatable bonds is 5. The number of ether oxygens (including phenoxy) is 3. The van der Waals surface area contributed by atoms with Crippen molar-refractivity contribution in [1.82, 2.24) is 0 Å². The summed E-state index contributed by atoms with van der Waals surface area (Å²) in [6.45, 7) is 6.15. The largest absolute Gasteiger partial charge is 0.480 e. The Morgan fingerprint density at radius 3 is 2.79 bits per heavy atom.